The zero-order valence-electron chi connectivity index (χ0n) is 14.6. The lowest BCUT2D eigenvalue weighted by Gasteiger charge is -2.09. The molecule has 0 saturated heterocycles. The monoisotopic (exact) mass is 490 g/mol. The smallest absolute Gasteiger partial charge is 0.275 e. The van der Waals surface area contributed by atoms with E-state index in [4.69, 9.17) is 9.47 Å². The van der Waals surface area contributed by atoms with E-state index in [1.165, 1.54) is 7.11 Å². The third kappa shape index (κ3) is 4.31. The van der Waals surface area contributed by atoms with Crippen molar-refractivity contribution in [2.45, 2.75) is 0 Å². The highest BCUT2D eigenvalue weighted by Gasteiger charge is 2.13. The summed E-state index contributed by atoms with van der Waals surface area (Å²) in [5, 5.41) is 6.00. The second-order valence-electron chi connectivity index (χ2n) is 5.62. The number of hydrogen-bond donors (Lipinski definition) is 1. The number of hydrazone groups is 1. The quantitative estimate of drug-likeness (QED) is 0.396. The number of fused-ring (bicyclic) bond motifs is 1. The molecule has 1 amide bonds. The van der Waals surface area contributed by atoms with Crippen LogP contribution in [0, 0.1) is 0 Å². The van der Waals surface area contributed by atoms with E-state index in [1.807, 2.05) is 42.5 Å². The molecule has 3 aromatic rings. The van der Waals surface area contributed by atoms with E-state index in [2.05, 4.69) is 42.4 Å². The number of methoxy groups -OCH3 is 2. The summed E-state index contributed by atoms with van der Waals surface area (Å²) < 4.78 is 12.2. The Morgan fingerprint density at radius 3 is 2.22 bits per heavy atom. The summed E-state index contributed by atoms with van der Waals surface area (Å²) >= 11 is 6.87. The van der Waals surface area contributed by atoms with E-state index in [9.17, 15) is 4.79 Å². The molecule has 3 aromatic carbocycles. The highest BCUT2D eigenvalue weighted by atomic mass is 79.9. The van der Waals surface area contributed by atoms with E-state index in [-0.39, 0.29) is 5.91 Å². The Kier molecular flexibility index (Phi) is 6.13. The van der Waals surface area contributed by atoms with Gasteiger partial charge in [0.1, 0.15) is 11.5 Å². The fourth-order valence-electron chi connectivity index (χ4n) is 2.64. The average molecular weight is 492 g/mol. The lowest BCUT2D eigenvalue weighted by molar-refractivity contribution is 0.0952. The molecule has 0 bridgehead atoms. The first-order chi connectivity index (χ1) is 13.0. The lowest BCUT2D eigenvalue weighted by Crippen LogP contribution is -2.18. The fourth-order valence-corrected chi connectivity index (χ4v) is 4.19. The Bertz CT molecular complexity index is 1010. The number of amides is 1. The number of hydrogen-bond acceptors (Lipinski definition) is 4. The number of rotatable bonds is 5. The van der Waals surface area contributed by atoms with Crippen molar-refractivity contribution in [1.29, 1.82) is 0 Å². The van der Waals surface area contributed by atoms with E-state index in [0.717, 1.165) is 25.3 Å². The van der Waals surface area contributed by atoms with Gasteiger partial charge in [-0.1, -0.05) is 24.3 Å². The van der Waals surface area contributed by atoms with Gasteiger partial charge in [-0.2, -0.15) is 5.10 Å². The second-order valence-corrected chi connectivity index (χ2v) is 7.33. The molecule has 0 aromatic heterocycles. The van der Waals surface area contributed by atoms with Crippen molar-refractivity contribution in [3.63, 3.8) is 0 Å². The van der Waals surface area contributed by atoms with Gasteiger partial charge in [-0.3, -0.25) is 4.79 Å². The largest absolute Gasteiger partial charge is 0.496 e. The number of carbonyl (C=O) groups excluding carboxylic acids is 1. The Labute approximate surface area is 173 Å². The normalized spacial score (nSPS) is 11.0. The summed E-state index contributed by atoms with van der Waals surface area (Å²) in [6, 6.07) is 15.1. The number of nitrogens with one attached hydrogen (secondary N) is 1. The van der Waals surface area contributed by atoms with Crippen LogP contribution in [0.2, 0.25) is 0 Å². The van der Waals surface area contributed by atoms with Gasteiger partial charge in [-0.05, 0) is 72.5 Å². The SMILES string of the molecule is COc1cc2ccccc2cc1C(=O)NN=Cc1cc(Br)c(OC)c(Br)c1. The van der Waals surface area contributed by atoms with Crippen LogP contribution in [0.4, 0.5) is 0 Å². The van der Waals surface area contributed by atoms with Crippen molar-refractivity contribution in [2.75, 3.05) is 14.2 Å². The maximum atomic E-state index is 12.5. The van der Waals surface area contributed by atoms with E-state index in [0.29, 0.717) is 17.1 Å². The first-order valence-electron chi connectivity index (χ1n) is 7.96. The number of halogens is 2. The molecule has 0 fully saturated rings. The highest BCUT2D eigenvalue weighted by molar-refractivity contribution is 9.11. The van der Waals surface area contributed by atoms with Crippen molar-refractivity contribution >= 4 is 54.8 Å². The van der Waals surface area contributed by atoms with Crippen LogP contribution in [0.1, 0.15) is 15.9 Å². The molecular weight excluding hydrogens is 476 g/mol. The van der Waals surface area contributed by atoms with Crippen molar-refractivity contribution in [2.24, 2.45) is 5.10 Å². The number of benzene rings is 3. The third-order valence-electron chi connectivity index (χ3n) is 3.92. The van der Waals surface area contributed by atoms with Gasteiger partial charge in [-0.25, -0.2) is 5.43 Å². The summed E-state index contributed by atoms with van der Waals surface area (Å²) in [5.74, 6) is 0.842. The second kappa shape index (κ2) is 8.54. The highest BCUT2D eigenvalue weighted by Crippen LogP contribution is 2.34. The van der Waals surface area contributed by atoms with Gasteiger partial charge >= 0.3 is 0 Å². The first-order valence-corrected chi connectivity index (χ1v) is 9.55. The third-order valence-corrected chi connectivity index (χ3v) is 5.09. The molecular formula is C20H16Br2N2O3. The molecule has 27 heavy (non-hydrogen) atoms. The summed E-state index contributed by atoms with van der Waals surface area (Å²) in [6.07, 6.45) is 1.56. The Balaban J connectivity index is 1.82. The van der Waals surface area contributed by atoms with Gasteiger partial charge in [0.25, 0.3) is 5.91 Å². The predicted octanol–water partition coefficient (Wildman–Crippen LogP) is 5.15. The van der Waals surface area contributed by atoms with Gasteiger partial charge in [0.05, 0.1) is 34.9 Å². The lowest BCUT2D eigenvalue weighted by atomic mass is 10.1. The van der Waals surface area contributed by atoms with Crippen LogP contribution in [0.15, 0.2) is 62.6 Å². The summed E-state index contributed by atoms with van der Waals surface area (Å²) in [7, 11) is 3.13. The summed E-state index contributed by atoms with van der Waals surface area (Å²) in [4.78, 5) is 12.5. The van der Waals surface area contributed by atoms with Gasteiger partial charge in [0, 0.05) is 0 Å². The molecule has 0 atom stereocenters. The first kappa shape index (κ1) is 19.4. The van der Waals surface area contributed by atoms with Crippen LogP contribution >= 0.6 is 31.9 Å². The van der Waals surface area contributed by atoms with Gasteiger partial charge < -0.3 is 9.47 Å². The van der Waals surface area contributed by atoms with Crippen LogP contribution < -0.4 is 14.9 Å². The molecule has 138 valence electrons. The van der Waals surface area contributed by atoms with Crippen molar-refractivity contribution in [1.82, 2.24) is 5.43 Å². The fraction of sp³-hybridized carbons (Fsp3) is 0.100. The molecule has 1 N–H and O–H groups in total. The predicted molar refractivity (Wildman–Crippen MR) is 114 cm³/mol. The summed E-state index contributed by atoms with van der Waals surface area (Å²) in [5.41, 5.74) is 3.76. The number of carbonyl (C=O) groups is 1. The molecule has 0 aliphatic carbocycles. The molecule has 3 rings (SSSR count). The van der Waals surface area contributed by atoms with E-state index in [1.54, 1.807) is 19.4 Å². The van der Waals surface area contributed by atoms with Crippen molar-refractivity contribution in [3.8, 4) is 11.5 Å². The molecule has 0 aliphatic heterocycles. The minimum absolute atomic E-state index is 0.347. The molecule has 0 spiro atoms. The van der Waals surface area contributed by atoms with E-state index < -0.39 is 0 Å². The molecule has 5 nitrogen and oxygen atoms in total. The van der Waals surface area contributed by atoms with Gasteiger partial charge in [0.2, 0.25) is 0 Å². The standard InChI is InChI=1S/C20H16Br2N2O3/c1-26-18-10-14-6-4-3-5-13(14)9-15(18)20(25)24-23-11-12-7-16(21)19(27-2)17(22)8-12/h3-11H,1-2H3,(H,24,25). The molecule has 0 aliphatic rings. The van der Waals surface area contributed by atoms with Crippen molar-refractivity contribution in [3.05, 3.63) is 68.6 Å². The van der Waals surface area contributed by atoms with Crippen LogP contribution in [-0.2, 0) is 0 Å². The molecule has 0 unspecified atom stereocenters. The summed E-state index contributed by atoms with van der Waals surface area (Å²) in [6.45, 7) is 0. The zero-order valence-corrected chi connectivity index (χ0v) is 17.8. The van der Waals surface area contributed by atoms with Crippen LogP contribution in [0.5, 0.6) is 11.5 Å². The Morgan fingerprint density at radius 1 is 1.00 bits per heavy atom. The minimum atomic E-state index is -0.347. The minimum Gasteiger partial charge on any atom is -0.496 e. The van der Waals surface area contributed by atoms with Gasteiger partial charge in [0.15, 0.2) is 0 Å². The Hall–Kier alpha value is -2.38. The Morgan fingerprint density at radius 2 is 1.63 bits per heavy atom. The van der Waals surface area contributed by atoms with Crippen LogP contribution in [0.25, 0.3) is 10.8 Å². The number of ether oxygens (including phenoxy) is 2. The van der Waals surface area contributed by atoms with E-state index >= 15 is 0 Å². The maximum absolute atomic E-state index is 12.5. The maximum Gasteiger partial charge on any atom is 0.275 e. The van der Waals surface area contributed by atoms with Gasteiger partial charge in [-0.15, -0.1) is 0 Å². The van der Waals surface area contributed by atoms with Crippen molar-refractivity contribution < 1.29 is 14.3 Å². The van der Waals surface area contributed by atoms with Crippen LogP contribution in [0.3, 0.4) is 0 Å². The number of nitrogens with zero attached hydrogens (tertiary/aromatic N) is 1. The topological polar surface area (TPSA) is 59.9 Å². The van der Waals surface area contributed by atoms with Crippen LogP contribution in [-0.4, -0.2) is 26.3 Å². The molecule has 0 radical (unpaired) electrons. The molecule has 0 saturated carbocycles. The molecule has 7 heteroatoms. The average Bonchev–Trinajstić information content (AvgIpc) is 2.66. The molecule has 0 heterocycles. The zero-order chi connectivity index (χ0) is 19.4.